The highest BCUT2D eigenvalue weighted by Crippen LogP contribution is 2.09. The molecule has 0 saturated heterocycles. The van der Waals surface area contributed by atoms with E-state index in [2.05, 4.69) is 13.8 Å². The summed E-state index contributed by atoms with van der Waals surface area (Å²) in [5.41, 5.74) is 0. The maximum absolute atomic E-state index is 5.58. The maximum Gasteiger partial charge on any atom is 0.158 e. The van der Waals surface area contributed by atoms with Crippen LogP contribution in [0.4, 0.5) is 0 Å². The third kappa shape index (κ3) is 19.8. The highest BCUT2D eigenvalue weighted by Gasteiger charge is 2.11. The molecule has 0 aliphatic carbocycles. The predicted octanol–water partition coefficient (Wildman–Crippen LogP) is 5.30. The molecule has 0 aromatic carbocycles. The first-order valence-corrected chi connectivity index (χ1v) is 7.94. The van der Waals surface area contributed by atoms with Crippen LogP contribution in [0.3, 0.4) is 0 Å². The fraction of sp³-hybridized carbons (Fsp3) is 0.882. The van der Waals surface area contributed by atoms with Gasteiger partial charge in [0.2, 0.25) is 0 Å². The van der Waals surface area contributed by atoms with Crippen LogP contribution < -0.4 is 0 Å². The number of hydrogen-bond donors (Lipinski definition) is 0. The quantitative estimate of drug-likeness (QED) is 0.426. The van der Waals surface area contributed by atoms with Gasteiger partial charge in [0.25, 0.3) is 0 Å². The monoisotopic (exact) mass is 288 g/mol. The zero-order valence-corrected chi connectivity index (χ0v) is 14.8. The Kier molecular flexibility index (Phi) is 16.2. The molecule has 0 radical (unpaired) electrons. The van der Waals surface area contributed by atoms with E-state index in [0.29, 0.717) is 6.10 Å². The van der Waals surface area contributed by atoms with Crippen molar-refractivity contribution in [2.45, 2.75) is 99.3 Å². The molecule has 0 heterocycles. The van der Waals surface area contributed by atoms with E-state index in [1.54, 1.807) is 6.26 Å². The van der Waals surface area contributed by atoms with E-state index in [0.717, 1.165) is 19.3 Å². The Labute approximate surface area is 126 Å². The molecule has 0 unspecified atom stereocenters. The molecule has 0 fully saturated rings. The van der Waals surface area contributed by atoms with Crippen molar-refractivity contribution >= 4 is 0 Å². The van der Waals surface area contributed by atoms with Crippen molar-refractivity contribution in [2.24, 2.45) is 0 Å². The van der Waals surface area contributed by atoms with Gasteiger partial charge in [0.15, 0.2) is 6.29 Å². The molecule has 0 bridgehead atoms. The van der Waals surface area contributed by atoms with E-state index in [9.17, 15) is 0 Å². The molecule has 3 nitrogen and oxygen atoms in total. The Balaban J connectivity index is 0. The van der Waals surface area contributed by atoms with Crippen LogP contribution in [0.1, 0.15) is 74.7 Å². The Morgan fingerprint density at radius 1 is 0.800 bits per heavy atom. The first kappa shape index (κ1) is 21.8. The average molecular weight is 288 g/mol. The summed E-state index contributed by atoms with van der Waals surface area (Å²) in [6.07, 6.45) is 7.69. The summed E-state index contributed by atoms with van der Waals surface area (Å²) in [5.74, 6) is 0. The topological polar surface area (TPSA) is 27.7 Å². The lowest BCUT2D eigenvalue weighted by molar-refractivity contribution is -0.183. The molecule has 0 saturated carbocycles. The largest absolute Gasteiger partial charge is 0.499 e. The molecular formula is C17H36O3. The van der Waals surface area contributed by atoms with Crippen molar-refractivity contribution in [2.75, 3.05) is 0 Å². The molecule has 0 rings (SSSR count). The first-order chi connectivity index (χ1) is 9.33. The lowest BCUT2D eigenvalue weighted by atomic mass is 10.3. The highest BCUT2D eigenvalue weighted by molar-refractivity contribution is 4.70. The standard InChI is InChI=1S/C10H22O2.C7H14O/c1-6-7-10(11-8(2)3)12-9(4)5;1-4-5-6-8-7(2)3/h8-10H,6-7H2,1-5H3;5-7H,4H2,1-3H3. The van der Waals surface area contributed by atoms with Gasteiger partial charge in [-0.3, -0.25) is 0 Å². The van der Waals surface area contributed by atoms with Gasteiger partial charge in [0.05, 0.1) is 24.6 Å². The minimum Gasteiger partial charge on any atom is -0.499 e. The summed E-state index contributed by atoms with van der Waals surface area (Å²) in [7, 11) is 0. The fourth-order valence-corrected chi connectivity index (χ4v) is 1.32. The van der Waals surface area contributed by atoms with E-state index in [-0.39, 0.29) is 18.5 Å². The number of ether oxygens (including phenoxy) is 3. The summed E-state index contributed by atoms with van der Waals surface area (Å²) in [6.45, 7) is 16.4. The van der Waals surface area contributed by atoms with Crippen molar-refractivity contribution in [3.05, 3.63) is 12.3 Å². The van der Waals surface area contributed by atoms with Crippen LogP contribution in [-0.4, -0.2) is 24.6 Å². The van der Waals surface area contributed by atoms with Crippen LogP contribution in [0.25, 0.3) is 0 Å². The Bertz CT molecular complexity index is 200. The predicted molar refractivity (Wildman–Crippen MR) is 86.8 cm³/mol. The second-order valence-corrected chi connectivity index (χ2v) is 5.55. The molecule has 0 aliphatic rings. The molecule has 0 atom stereocenters. The second-order valence-electron chi connectivity index (χ2n) is 5.55. The van der Waals surface area contributed by atoms with Crippen molar-refractivity contribution in [1.82, 2.24) is 0 Å². The summed E-state index contributed by atoms with van der Waals surface area (Å²) in [5, 5.41) is 0. The SMILES string of the molecule is CCC=COC(C)C.CCCC(OC(C)C)OC(C)C. The molecule has 122 valence electrons. The van der Waals surface area contributed by atoms with Gasteiger partial charge in [-0.15, -0.1) is 0 Å². The van der Waals surface area contributed by atoms with Crippen LogP contribution in [-0.2, 0) is 14.2 Å². The third-order valence-corrected chi connectivity index (χ3v) is 2.05. The number of rotatable bonds is 9. The zero-order valence-electron chi connectivity index (χ0n) is 14.8. The molecule has 20 heavy (non-hydrogen) atoms. The zero-order chi connectivity index (χ0) is 16.0. The minimum absolute atomic E-state index is 0.0185. The van der Waals surface area contributed by atoms with Crippen molar-refractivity contribution in [3.8, 4) is 0 Å². The Morgan fingerprint density at radius 2 is 1.30 bits per heavy atom. The van der Waals surface area contributed by atoms with Gasteiger partial charge in [0.1, 0.15) is 0 Å². The van der Waals surface area contributed by atoms with Crippen molar-refractivity contribution in [1.29, 1.82) is 0 Å². The number of hydrogen-bond acceptors (Lipinski definition) is 3. The molecule has 0 aromatic rings. The lowest BCUT2D eigenvalue weighted by Crippen LogP contribution is -2.24. The summed E-state index contributed by atoms with van der Waals surface area (Å²) in [6, 6.07) is 0. The van der Waals surface area contributed by atoms with Crippen LogP contribution in [0.15, 0.2) is 12.3 Å². The Hall–Kier alpha value is -0.540. The lowest BCUT2D eigenvalue weighted by Gasteiger charge is -2.22. The van der Waals surface area contributed by atoms with Crippen molar-refractivity contribution in [3.63, 3.8) is 0 Å². The van der Waals surface area contributed by atoms with Gasteiger partial charge in [0, 0.05) is 0 Å². The molecule has 0 aromatic heterocycles. The summed E-state index contributed by atoms with van der Waals surface area (Å²) < 4.78 is 16.3. The molecular weight excluding hydrogens is 252 g/mol. The van der Waals surface area contributed by atoms with E-state index >= 15 is 0 Å². The van der Waals surface area contributed by atoms with Gasteiger partial charge in [-0.25, -0.2) is 0 Å². The smallest absolute Gasteiger partial charge is 0.158 e. The summed E-state index contributed by atoms with van der Waals surface area (Å²) in [4.78, 5) is 0. The number of allylic oxidation sites excluding steroid dienone is 1. The van der Waals surface area contributed by atoms with Crippen LogP contribution in [0, 0.1) is 0 Å². The van der Waals surface area contributed by atoms with E-state index in [1.807, 2.05) is 47.6 Å². The van der Waals surface area contributed by atoms with Crippen LogP contribution >= 0.6 is 0 Å². The molecule has 0 N–H and O–H groups in total. The van der Waals surface area contributed by atoms with Crippen LogP contribution in [0.2, 0.25) is 0 Å². The Morgan fingerprint density at radius 3 is 1.60 bits per heavy atom. The van der Waals surface area contributed by atoms with Crippen LogP contribution in [0.5, 0.6) is 0 Å². The normalized spacial score (nSPS) is 11.6. The average Bonchev–Trinajstić information content (AvgIpc) is 2.28. The van der Waals surface area contributed by atoms with Gasteiger partial charge in [-0.1, -0.05) is 26.3 Å². The molecule has 3 heteroatoms. The van der Waals surface area contributed by atoms with Gasteiger partial charge >= 0.3 is 0 Å². The maximum atomic E-state index is 5.58. The highest BCUT2D eigenvalue weighted by atomic mass is 16.7. The van der Waals surface area contributed by atoms with E-state index < -0.39 is 0 Å². The van der Waals surface area contributed by atoms with Crippen molar-refractivity contribution < 1.29 is 14.2 Å². The third-order valence-electron chi connectivity index (χ3n) is 2.05. The first-order valence-electron chi connectivity index (χ1n) is 7.94. The molecule has 0 amide bonds. The van der Waals surface area contributed by atoms with Gasteiger partial charge < -0.3 is 14.2 Å². The van der Waals surface area contributed by atoms with E-state index in [4.69, 9.17) is 14.2 Å². The second kappa shape index (κ2) is 14.9. The minimum atomic E-state index is -0.0185. The fourth-order valence-electron chi connectivity index (χ4n) is 1.32. The van der Waals surface area contributed by atoms with Gasteiger partial charge in [-0.05, 0) is 54.4 Å². The van der Waals surface area contributed by atoms with Gasteiger partial charge in [-0.2, -0.15) is 0 Å². The molecule has 0 spiro atoms. The summed E-state index contributed by atoms with van der Waals surface area (Å²) >= 11 is 0. The molecule has 0 aliphatic heterocycles. The van der Waals surface area contributed by atoms with E-state index in [1.165, 1.54) is 0 Å².